The molecule has 0 saturated carbocycles. The van der Waals surface area contributed by atoms with E-state index in [1.807, 2.05) is 6.08 Å². The Hall–Kier alpha value is -0.520. The van der Waals surface area contributed by atoms with Crippen molar-refractivity contribution in [1.29, 1.82) is 0 Å². The predicted molar refractivity (Wildman–Crippen MR) is 71.1 cm³/mol. The summed E-state index contributed by atoms with van der Waals surface area (Å²) in [7, 11) is 0. The van der Waals surface area contributed by atoms with Crippen molar-refractivity contribution in [3.05, 3.63) is 25.3 Å². The Kier molecular flexibility index (Phi) is 11.2. The topological polar surface area (TPSA) is 0 Å². The van der Waals surface area contributed by atoms with Crippen LogP contribution in [0.15, 0.2) is 25.3 Å². The predicted octanol–water partition coefficient (Wildman–Crippen LogP) is 5.51. The molecule has 0 aliphatic carbocycles. The van der Waals surface area contributed by atoms with E-state index in [9.17, 15) is 0 Å². The fourth-order valence-corrected chi connectivity index (χ4v) is 1.91. The van der Waals surface area contributed by atoms with Gasteiger partial charge in [-0.1, -0.05) is 51.2 Å². The maximum Gasteiger partial charge on any atom is -0.0236 e. The molecule has 0 fully saturated rings. The molecule has 15 heavy (non-hydrogen) atoms. The molecule has 0 radical (unpaired) electrons. The van der Waals surface area contributed by atoms with Crippen molar-refractivity contribution in [2.45, 2.75) is 64.7 Å². The van der Waals surface area contributed by atoms with Gasteiger partial charge < -0.3 is 0 Å². The van der Waals surface area contributed by atoms with E-state index in [-0.39, 0.29) is 0 Å². The molecule has 0 N–H and O–H groups in total. The SMILES string of the molecule is C=CCCCCCC(C=C)CCCCC. The van der Waals surface area contributed by atoms with E-state index in [0.717, 1.165) is 5.92 Å². The minimum Gasteiger partial charge on any atom is -0.103 e. The quantitative estimate of drug-likeness (QED) is 0.310. The Labute approximate surface area is 96.5 Å². The van der Waals surface area contributed by atoms with Crippen LogP contribution in [0.5, 0.6) is 0 Å². The minimum absolute atomic E-state index is 0.764. The lowest BCUT2D eigenvalue weighted by molar-refractivity contribution is 0.479. The molecule has 1 unspecified atom stereocenters. The van der Waals surface area contributed by atoms with E-state index in [0.29, 0.717) is 0 Å². The monoisotopic (exact) mass is 208 g/mol. The molecule has 0 aromatic heterocycles. The van der Waals surface area contributed by atoms with Gasteiger partial charge in [0.15, 0.2) is 0 Å². The van der Waals surface area contributed by atoms with E-state index in [1.165, 1.54) is 57.8 Å². The van der Waals surface area contributed by atoms with E-state index >= 15 is 0 Å². The summed E-state index contributed by atoms with van der Waals surface area (Å²) in [5.41, 5.74) is 0. The highest BCUT2D eigenvalue weighted by Crippen LogP contribution is 2.18. The van der Waals surface area contributed by atoms with Crippen LogP contribution in [0.1, 0.15) is 64.7 Å². The first kappa shape index (κ1) is 14.5. The average molecular weight is 208 g/mol. The van der Waals surface area contributed by atoms with Crippen LogP contribution in [0, 0.1) is 5.92 Å². The molecule has 0 aromatic rings. The first-order valence-corrected chi connectivity index (χ1v) is 6.58. The second-order valence-corrected chi connectivity index (χ2v) is 4.42. The van der Waals surface area contributed by atoms with Crippen LogP contribution in [0.4, 0.5) is 0 Å². The molecular formula is C15H28. The van der Waals surface area contributed by atoms with E-state index in [4.69, 9.17) is 0 Å². The first-order chi connectivity index (χ1) is 7.35. The smallest absolute Gasteiger partial charge is 0.0236 e. The lowest BCUT2D eigenvalue weighted by atomic mass is 9.95. The third-order valence-electron chi connectivity index (χ3n) is 2.99. The largest absolute Gasteiger partial charge is 0.103 e. The summed E-state index contributed by atoms with van der Waals surface area (Å²) in [6.45, 7) is 9.94. The van der Waals surface area contributed by atoms with Crippen molar-refractivity contribution in [2.75, 3.05) is 0 Å². The Morgan fingerprint density at radius 2 is 1.60 bits per heavy atom. The Balaban J connectivity index is 3.35. The van der Waals surface area contributed by atoms with Gasteiger partial charge in [0.2, 0.25) is 0 Å². The van der Waals surface area contributed by atoms with Crippen LogP contribution in [0.25, 0.3) is 0 Å². The summed E-state index contributed by atoms with van der Waals surface area (Å²) in [6, 6.07) is 0. The second-order valence-electron chi connectivity index (χ2n) is 4.42. The van der Waals surface area contributed by atoms with Gasteiger partial charge in [-0.15, -0.1) is 13.2 Å². The van der Waals surface area contributed by atoms with Crippen LogP contribution < -0.4 is 0 Å². The fraction of sp³-hybridized carbons (Fsp3) is 0.733. The van der Waals surface area contributed by atoms with Gasteiger partial charge in [0, 0.05) is 0 Å². The highest BCUT2D eigenvalue weighted by atomic mass is 14.1. The third kappa shape index (κ3) is 9.78. The first-order valence-electron chi connectivity index (χ1n) is 6.58. The molecule has 0 amide bonds. The van der Waals surface area contributed by atoms with Crippen LogP contribution in [-0.2, 0) is 0 Å². The van der Waals surface area contributed by atoms with Crippen molar-refractivity contribution >= 4 is 0 Å². The van der Waals surface area contributed by atoms with Crippen LogP contribution in [0.2, 0.25) is 0 Å². The zero-order chi connectivity index (χ0) is 11.4. The molecular weight excluding hydrogens is 180 g/mol. The summed E-state index contributed by atoms with van der Waals surface area (Å²) in [5.74, 6) is 0.764. The van der Waals surface area contributed by atoms with Crippen LogP contribution in [0.3, 0.4) is 0 Å². The summed E-state index contributed by atoms with van der Waals surface area (Å²) in [5, 5.41) is 0. The molecule has 0 spiro atoms. The van der Waals surface area contributed by atoms with Gasteiger partial charge in [0.05, 0.1) is 0 Å². The molecule has 0 heterocycles. The van der Waals surface area contributed by atoms with Gasteiger partial charge in [-0.05, 0) is 31.6 Å². The summed E-state index contributed by atoms with van der Waals surface area (Å²) in [6.07, 6.45) is 16.1. The van der Waals surface area contributed by atoms with Crippen LogP contribution >= 0.6 is 0 Å². The van der Waals surface area contributed by atoms with Crippen molar-refractivity contribution in [3.63, 3.8) is 0 Å². The zero-order valence-electron chi connectivity index (χ0n) is 10.5. The maximum absolute atomic E-state index is 3.94. The standard InChI is InChI=1S/C15H28/c1-4-7-9-10-12-14-15(6-3)13-11-8-5-2/h4,6,15H,1,3,5,7-14H2,2H3. The Morgan fingerprint density at radius 1 is 0.933 bits per heavy atom. The lowest BCUT2D eigenvalue weighted by Gasteiger charge is -2.11. The second kappa shape index (κ2) is 11.6. The lowest BCUT2D eigenvalue weighted by Crippen LogP contribution is -1.96. The van der Waals surface area contributed by atoms with E-state index in [1.54, 1.807) is 0 Å². The summed E-state index contributed by atoms with van der Waals surface area (Å²) < 4.78 is 0. The van der Waals surface area contributed by atoms with Crippen molar-refractivity contribution in [2.24, 2.45) is 5.92 Å². The molecule has 0 rings (SSSR count). The van der Waals surface area contributed by atoms with Gasteiger partial charge >= 0.3 is 0 Å². The highest BCUT2D eigenvalue weighted by molar-refractivity contribution is 4.78. The van der Waals surface area contributed by atoms with Crippen molar-refractivity contribution < 1.29 is 0 Å². The molecule has 0 aromatic carbocycles. The highest BCUT2D eigenvalue weighted by Gasteiger charge is 2.03. The third-order valence-corrected chi connectivity index (χ3v) is 2.99. The summed E-state index contributed by atoms with van der Waals surface area (Å²) in [4.78, 5) is 0. The maximum atomic E-state index is 3.94. The van der Waals surface area contributed by atoms with E-state index < -0.39 is 0 Å². The number of rotatable bonds is 11. The summed E-state index contributed by atoms with van der Waals surface area (Å²) >= 11 is 0. The molecule has 0 aliphatic heterocycles. The van der Waals surface area contributed by atoms with E-state index in [2.05, 4.69) is 26.2 Å². The molecule has 0 aliphatic rings. The Bertz CT molecular complexity index is 146. The molecule has 88 valence electrons. The molecule has 0 saturated heterocycles. The Morgan fingerprint density at radius 3 is 2.13 bits per heavy atom. The minimum atomic E-state index is 0.764. The van der Waals surface area contributed by atoms with Gasteiger partial charge in [-0.2, -0.15) is 0 Å². The number of unbranched alkanes of at least 4 members (excludes halogenated alkanes) is 5. The number of hydrogen-bond acceptors (Lipinski definition) is 0. The molecule has 0 bridgehead atoms. The van der Waals surface area contributed by atoms with Crippen LogP contribution in [-0.4, -0.2) is 0 Å². The van der Waals surface area contributed by atoms with Crippen molar-refractivity contribution in [1.82, 2.24) is 0 Å². The van der Waals surface area contributed by atoms with Gasteiger partial charge in [-0.3, -0.25) is 0 Å². The average Bonchev–Trinajstić information content (AvgIpc) is 2.26. The van der Waals surface area contributed by atoms with Crippen molar-refractivity contribution in [3.8, 4) is 0 Å². The van der Waals surface area contributed by atoms with Gasteiger partial charge in [0.1, 0.15) is 0 Å². The molecule has 1 atom stereocenters. The molecule has 0 nitrogen and oxygen atoms in total. The number of allylic oxidation sites excluding steroid dienone is 2. The number of hydrogen-bond donors (Lipinski definition) is 0. The van der Waals surface area contributed by atoms with Gasteiger partial charge in [-0.25, -0.2) is 0 Å². The zero-order valence-corrected chi connectivity index (χ0v) is 10.5. The van der Waals surface area contributed by atoms with Gasteiger partial charge in [0.25, 0.3) is 0 Å². The normalized spacial score (nSPS) is 12.3. The molecule has 0 heteroatoms. The fourth-order valence-electron chi connectivity index (χ4n) is 1.91.